The fraction of sp³-hybridized carbons (Fsp3) is 0.455. The van der Waals surface area contributed by atoms with Crippen LogP contribution in [0.15, 0.2) is 17.0 Å². The number of nitrogens with two attached hydrogens (primary N) is 1. The molecule has 6 heteroatoms. The lowest BCUT2D eigenvalue weighted by molar-refractivity contribution is 0.174. The summed E-state index contributed by atoms with van der Waals surface area (Å²) in [6, 6.07) is 3.22. The van der Waals surface area contributed by atoms with E-state index in [0.717, 1.165) is 0 Å². The van der Waals surface area contributed by atoms with Gasteiger partial charge in [-0.2, -0.15) is 0 Å². The highest BCUT2D eigenvalue weighted by Gasteiger charge is 2.22. The lowest BCUT2D eigenvalue weighted by atomic mass is 10.2. The van der Waals surface area contributed by atoms with Gasteiger partial charge in [-0.25, -0.2) is 8.42 Å². The maximum Gasteiger partial charge on any atom is 0.231 e. The minimum atomic E-state index is -3.29. The Balaban J connectivity index is 2.39. The van der Waals surface area contributed by atoms with E-state index in [0.29, 0.717) is 34.9 Å². The van der Waals surface area contributed by atoms with Crippen molar-refractivity contribution in [3.8, 4) is 11.5 Å². The monoisotopic (exact) mass is 257 g/mol. The molecule has 17 heavy (non-hydrogen) atoms. The first-order valence-corrected chi connectivity index (χ1v) is 7.03. The van der Waals surface area contributed by atoms with Crippen LogP contribution in [-0.4, -0.2) is 27.5 Å². The second-order valence-corrected chi connectivity index (χ2v) is 6.01. The highest BCUT2D eigenvalue weighted by Crippen LogP contribution is 2.36. The maximum atomic E-state index is 12.1. The molecule has 94 valence electrons. The lowest BCUT2D eigenvalue weighted by Crippen LogP contribution is -2.12. The molecule has 1 aliphatic rings. The normalized spacial score (nSPS) is 14.0. The number of ether oxygens (including phenoxy) is 2. The molecule has 0 bridgehead atoms. The van der Waals surface area contributed by atoms with Crippen molar-refractivity contribution in [3.05, 3.63) is 17.7 Å². The van der Waals surface area contributed by atoms with Gasteiger partial charge in [0, 0.05) is 6.07 Å². The van der Waals surface area contributed by atoms with Gasteiger partial charge in [0.2, 0.25) is 6.79 Å². The fourth-order valence-corrected chi connectivity index (χ4v) is 3.35. The Labute approximate surface area is 100 Å². The summed E-state index contributed by atoms with van der Waals surface area (Å²) in [4.78, 5) is 0.301. The van der Waals surface area contributed by atoms with Gasteiger partial charge in [-0.05, 0) is 31.5 Å². The van der Waals surface area contributed by atoms with E-state index in [1.54, 1.807) is 13.0 Å². The Morgan fingerprint density at radius 1 is 1.29 bits per heavy atom. The van der Waals surface area contributed by atoms with Crippen molar-refractivity contribution in [3.63, 3.8) is 0 Å². The van der Waals surface area contributed by atoms with Crippen molar-refractivity contribution < 1.29 is 17.9 Å². The second kappa shape index (κ2) is 4.54. The molecule has 0 atom stereocenters. The molecule has 0 fully saturated rings. The largest absolute Gasteiger partial charge is 0.454 e. The molecule has 1 heterocycles. The maximum absolute atomic E-state index is 12.1. The average molecular weight is 257 g/mol. The number of fused-ring (bicyclic) bond motifs is 1. The summed E-state index contributed by atoms with van der Waals surface area (Å²) < 4.78 is 34.5. The van der Waals surface area contributed by atoms with Crippen LogP contribution in [-0.2, 0) is 9.84 Å². The highest BCUT2D eigenvalue weighted by molar-refractivity contribution is 7.91. The van der Waals surface area contributed by atoms with Gasteiger partial charge in [-0.15, -0.1) is 0 Å². The van der Waals surface area contributed by atoms with E-state index in [1.807, 2.05) is 0 Å². The third-order valence-corrected chi connectivity index (χ3v) is 4.56. The summed E-state index contributed by atoms with van der Waals surface area (Å²) in [5.74, 6) is 1.14. The number of benzene rings is 1. The Hall–Kier alpha value is -1.27. The molecule has 0 saturated heterocycles. The van der Waals surface area contributed by atoms with Crippen molar-refractivity contribution in [2.45, 2.75) is 18.2 Å². The number of hydrogen-bond acceptors (Lipinski definition) is 5. The van der Waals surface area contributed by atoms with Gasteiger partial charge in [0.15, 0.2) is 21.3 Å². The SMILES string of the molecule is Cc1cc2c(cc1S(=O)(=O)CCCN)OCO2. The van der Waals surface area contributed by atoms with Crippen LogP contribution < -0.4 is 15.2 Å². The summed E-state index contributed by atoms with van der Waals surface area (Å²) in [5, 5.41) is 0. The molecule has 1 aliphatic heterocycles. The number of hydrogen-bond donors (Lipinski definition) is 1. The lowest BCUT2D eigenvalue weighted by Gasteiger charge is -2.08. The van der Waals surface area contributed by atoms with Gasteiger partial charge in [0.1, 0.15) is 0 Å². The van der Waals surface area contributed by atoms with E-state index in [2.05, 4.69) is 0 Å². The quantitative estimate of drug-likeness (QED) is 0.865. The van der Waals surface area contributed by atoms with Crippen molar-refractivity contribution in [1.82, 2.24) is 0 Å². The van der Waals surface area contributed by atoms with E-state index >= 15 is 0 Å². The van der Waals surface area contributed by atoms with Crippen molar-refractivity contribution in [2.24, 2.45) is 5.73 Å². The Bertz CT molecular complexity index is 525. The molecular formula is C11H15NO4S. The zero-order valence-electron chi connectivity index (χ0n) is 9.60. The van der Waals surface area contributed by atoms with E-state index in [-0.39, 0.29) is 12.5 Å². The highest BCUT2D eigenvalue weighted by atomic mass is 32.2. The topological polar surface area (TPSA) is 78.6 Å². The van der Waals surface area contributed by atoms with Gasteiger partial charge in [-0.1, -0.05) is 0 Å². The van der Waals surface area contributed by atoms with E-state index in [4.69, 9.17) is 15.2 Å². The average Bonchev–Trinajstić information content (AvgIpc) is 2.72. The zero-order valence-corrected chi connectivity index (χ0v) is 10.4. The van der Waals surface area contributed by atoms with Crippen LogP contribution >= 0.6 is 0 Å². The molecular weight excluding hydrogens is 242 g/mol. The Kier molecular flexibility index (Phi) is 3.26. The van der Waals surface area contributed by atoms with Gasteiger partial charge >= 0.3 is 0 Å². The van der Waals surface area contributed by atoms with Crippen LogP contribution in [0.5, 0.6) is 11.5 Å². The van der Waals surface area contributed by atoms with Crippen LogP contribution in [0.25, 0.3) is 0 Å². The second-order valence-electron chi connectivity index (χ2n) is 3.93. The first kappa shape index (κ1) is 12.2. The molecule has 1 aromatic carbocycles. The van der Waals surface area contributed by atoms with Crippen molar-refractivity contribution >= 4 is 9.84 Å². The molecule has 2 rings (SSSR count). The molecule has 5 nitrogen and oxygen atoms in total. The third-order valence-electron chi connectivity index (χ3n) is 2.62. The predicted molar refractivity (Wildman–Crippen MR) is 63.0 cm³/mol. The predicted octanol–water partition coefficient (Wildman–Crippen LogP) is 0.846. The van der Waals surface area contributed by atoms with Crippen molar-refractivity contribution in [1.29, 1.82) is 0 Å². The Morgan fingerprint density at radius 3 is 2.59 bits per heavy atom. The van der Waals surface area contributed by atoms with E-state index < -0.39 is 9.84 Å². The van der Waals surface area contributed by atoms with Gasteiger partial charge in [-0.3, -0.25) is 0 Å². The molecule has 0 aliphatic carbocycles. The standard InChI is InChI=1S/C11H15NO4S/c1-8-5-9-10(16-7-15-9)6-11(8)17(13,14)4-2-3-12/h5-6H,2-4,7,12H2,1H3. The molecule has 0 spiro atoms. The number of sulfone groups is 1. The minimum absolute atomic E-state index is 0.0595. The first-order chi connectivity index (χ1) is 8.04. The van der Waals surface area contributed by atoms with Crippen LogP contribution in [0.3, 0.4) is 0 Å². The summed E-state index contributed by atoms with van der Waals surface area (Å²) >= 11 is 0. The molecule has 0 saturated carbocycles. The Morgan fingerprint density at radius 2 is 1.94 bits per heavy atom. The summed E-state index contributed by atoms with van der Waals surface area (Å²) in [7, 11) is -3.29. The van der Waals surface area contributed by atoms with Gasteiger partial charge in [0.05, 0.1) is 10.6 Å². The molecule has 2 N–H and O–H groups in total. The molecule has 0 unspecified atom stereocenters. The van der Waals surface area contributed by atoms with Crippen LogP contribution in [0.2, 0.25) is 0 Å². The fourth-order valence-electron chi connectivity index (χ4n) is 1.74. The van der Waals surface area contributed by atoms with Crippen molar-refractivity contribution in [2.75, 3.05) is 19.1 Å². The summed E-state index contributed by atoms with van der Waals surface area (Å²) in [5.41, 5.74) is 6.01. The van der Waals surface area contributed by atoms with Gasteiger partial charge in [0.25, 0.3) is 0 Å². The molecule has 0 amide bonds. The van der Waals surface area contributed by atoms with E-state index in [1.165, 1.54) is 6.07 Å². The first-order valence-electron chi connectivity index (χ1n) is 5.37. The van der Waals surface area contributed by atoms with Crippen LogP contribution in [0, 0.1) is 6.92 Å². The minimum Gasteiger partial charge on any atom is -0.454 e. The molecule has 0 aromatic heterocycles. The summed E-state index contributed by atoms with van der Waals surface area (Å²) in [6.07, 6.45) is 0.455. The van der Waals surface area contributed by atoms with E-state index in [9.17, 15) is 8.42 Å². The third kappa shape index (κ3) is 2.37. The van der Waals surface area contributed by atoms with Crippen LogP contribution in [0.4, 0.5) is 0 Å². The zero-order chi connectivity index (χ0) is 12.5. The van der Waals surface area contributed by atoms with Gasteiger partial charge < -0.3 is 15.2 Å². The smallest absolute Gasteiger partial charge is 0.231 e. The summed E-state index contributed by atoms with van der Waals surface area (Å²) in [6.45, 7) is 2.25. The molecule has 0 radical (unpaired) electrons. The molecule has 1 aromatic rings. The number of aryl methyl sites for hydroxylation is 1. The number of rotatable bonds is 4. The van der Waals surface area contributed by atoms with Crippen LogP contribution in [0.1, 0.15) is 12.0 Å².